The molecule has 0 aromatic rings. The molecule has 1 heteroatoms. The molecule has 0 bridgehead atoms. The zero-order valence-corrected chi connectivity index (χ0v) is 27.7. The second kappa shape index (κ2) is 33.2. The summed E-state index contributed by atoms with van der Waals surface area (Å²) >= 11 is 0. The molecule has 0 fully saturated rings. The SMILES string of the molecule is CCCCCCCCCCCCCCCCCC(CCCCCCCCCCCCCCCC)CN(C)C. The first-order valence-electron chi connectivity index (χ1n) is 18.3. The molecule has 0 aliphatic heterocycles. The van der Waals surface area contributed by atoms with Gasteiger partial charge in [-0.25, -0.2) is 0 Å². The molecule has 0 saturated carbocycles. The van der Waals surface area contributed by atoms with Gasteiger partial charge in [0.25, 0.3) is 0 Å². The van der Waals surface area contributed by atoms with Crippen LogP contribution < -0.4 is 0 Å². The van der Waals surface area contributed by atoms with Crippen LogP contribution in [0.2, 0.25) is 0 Å². The Morgan fingerprint density at radius 3 is 0.737 bits per heavy atom. The van der Waals surface area contributed by atoms with Gasteiger partial charge in [0, 0.05) is 6.54 Å². The summed E-state index contributed by atoms with van der Waals surface area (Å²) in [6.45, 7) is 5.92. The average molecular weight is 536 g/mol. The Labute approximate surface area is 244 Å². The molecule has 0 rings (SSSR count). The van der Waals surface area contributed by atoms with Crippen molar-refractivity contribution in [1.29, 1.82) is 0 Å². The van der Waals surface area contributed by atoms with Crippen LogP contribution in [0, 0.1) is 5.92 Å². The van der Waals surface area contributed by atoms with Crippen LogP contribution in [-0.4, -0.2) is 25.5 Å². The Balaban J connectivity index is 3.47. The van der Waals surface area contributed by atoms with Gasteiger partial charge < -0.3 is 4.90 Å². The maximum Gasteiger partial charge on any atom is 0.000356 e. The van der Waals surface area contributed by atoms with Crippen LogP contribution >= 0.6 is 0 Å². The summed E-state index contributed by atoms with van der Waals surface area (Å²) in [6, 6.07) is 0. The van der Waals surface area contributed by atoms with E-state index in [4.69, 9.17) is 0 Å². The van der Waals surface area contributed by atoms with Crippen LogP contribution in [0.3, 0.4) is 0 Å². The topological polar surface area (TPSA) is 3.24 Å². The number of nitrogens with zero attached hydrogens (tertiary/aromatic N) is 1. The van der Waals surface area contributed by atoms with Crippen molar-refractivity contribution in [1.82, 2.24) is 4.90 Å². The molecule has 0 aliphatic rings. The van der Waals surface area contributed by atoms with E-state index >= 15 is 0 Å². The Bertz CT molecular complexity index is 404. The molecular formula is C37H77N. The van der Waals surface area contributed by atoms with E-state index in [1.54, 1.807) is 0 Å². The molecule has 1 unspecified atom stereocenters. The lowest BCUT2D eigenvalue weighted by atomic mass is 9.93. The summed E-state index contributed by atoms with van der Waals surface area (Å²) < 4.78 is 0. The monoisotopic (exact) mass is 536 g/mol. The molecule has 0 aromatic heterocycles. The summed E-state index contributed by atoms with van der Waals surface area (Å²) in [5, 5.41) is 0. The van der Waals surface area contributed by atoms with Crippen molar-refractivity contribution in [2.24, 2.45) is 5.92 Å². The van der Waals surface area contributed by atoms with Crippen molar-refractivity contribution >= 4 is 0 Å². The van der Waals surface area contributed by atoms with Gasteiger partial charge in [-0.15, -0.1) is 0 Å². The van der Waals surface area contributed by atoms with E-state index < -0.39 is 0 Å². The summed E-state index contributed by atoms with van der Waals surface area (Å²) in [5.74, 6) is 0.935. The molecule has 0 spiro atoms. The van der Waals surface area contributed by atoms with Gasteiger partial charge >= 0.3 is 0 Å². The lowest BCUT2D eigenvalue weighted by Crippen LogP contribution is -2.21. The van der Waals surface area contributed by atoms with Crippen LogP contribution in [0.4, 0.5) is 0 Å². The summed E-state index contributed by atoms with van der Waals surface area (Å²) in [5.41, 5.74) is 0. The van der Waals surface area contributed by atoms with Crippen molar-refractivity contribution < 1.29 is 0 Å². The fraction of sp³-hybridized carbons (Fsp3) is 1.00. The van der Waals surface area contributed by atoms with Crippen molar-refractivity contribution in [2.75, 3.05) is 20.6 Å². The van der Waals surface area contributed by atoms with Crippen LogP contribution in [-0.2, 0) is 0 Å². The maximum atomic E-state index is 2.43. The van der Waals surface area contributed by atoms with Crippen molar-refractivity contribution in [3.63, 3.8) is 0 Å². The Morgan fingerprint density at radius 2 is 0.526 bits per heavy atom. The highest BCUT2D eigenvalue weighted by atomic mass is 15.1. The second-order valence-corrected chi connectivity index (χ2v) is 13.3. The molecule has 1 nitrogen and oxygen atoms in total. The van der Waals surface area contributed by atoms with E-state index in [1.165, 1.54) is 206 Å². The lowest BCUT2D eigenvalue weighted by molar-refractivity contribution is 0.286. The molecule has 0 saturated heterocycles. The highest BCUT2D eigenvalue weighted by Gasteiger charge is 2.10. The second-order valence-electron chi connectivity index (χ2n) is 13.3. The Hall–Kier alpha value is -0.0400. The van der Waals surface area contributed by atoms with Crippen LogP contribution in [0.5, 0.6) is 0 Å². The molecule has 0 heterocycles. The molecule has 230 valence electrons. The van der Waals surface area contributed by atoms with Gasteiger partial charge in [0.05, 0.1) is 0 Å². The molecular weight excluding hydrogens is 458 g/mol. The van der Waals surface area contributed by atoms with Crippen molar-refractivity contribution in [3.8, 4) is 0 Å². The van der Waals surface area contributed by atoms with Gasteiger partial charge in [-0.2, -0.15) is 0 Å². The highest BCUT2D eigenvalue weighted by Crippen LogP contribution is 2.21. The molecule has 0 radical (unpaired) electrons. The molecule has 0 aromatic carbocycles. The highest BCUT2D eigenvalue weighted by molar-refractivity contribution is 4.64. The zero-order chi connectivity index (χ0) is 27.8. The van der Waals surface area contributed by atoms with Crippen molar-refractivity contribution in [3.05, 3.63) is 0 Å². The first-order valence-corrected chi connectivity index (χ1v) is 18.3. The number of rotatable bonds is 33. The minimum atomic E-state index is 0.935. The standard InChI is InChI=1S/C37H77N/c1-5-7-9-11-13-15-17-19-21-23-25-27-29-31-33-35-37(36-38(3)4)34-32-30-28-26-24-22-20-18-16-14-12-10-8-6-2/h37H,5-36H2,1-4H3. The molecule has 0 aliphatic carbocycles. The minimum absolute atomic E-state index is 0.935. The normalized spacial score (nSPS) is 12.6. The minimum Gasteiger partial charge on any atom is -0.309 e. The van der Waals surface area contributed by atoms with Gasteiger partial charge in [0.2, 0.25) is 0 Å². The number of unbranched alkanes of at least 4 members (excludes halogenated alkanes) is 27. The largest absolute Gasteiger partial charge is 0.309 e. The summed E-state index contributed by atoms with van der Waals surface area (Å²) in [6.07, 6.45) is 45.5. The fourth-order valence-electron chi connectivity index (χ4n) is 6.28. The summed E-state index contributed by atoms with van der Waals surface area (Å²) in [4.78, 5) is 2.43. The predicted molar refractivity (Wildman–Crippen MR) is 177 cm³/mol. The van der Waals surface area contributed by atoms with E-state index in [1.807, 2.05) is 0 Å². The Morgan fingerprint density at radius 1 is 0.316 bits per heavy atom. The van der Waals surface area contributed by atoms with E-state index in [0.29, 0.717) is 0 Å². The molecule has 38 heavy (non-hydrogen) atoms. The van der Waals surface area contributed by atoms with Gasteiger partial charge in [0.15, 0.2) is 0 Å². The average Bonchev–Trinajstić information content (AvgIpc) is 2.90. The lowest BCUT2D eigenvalue weighted by Gasteiger charge is -2.21. The molecule has 1 atom stereocenters. The van der Waals surface area contributed by atoms with Gasteiger partial charge in [0.1, 0.15) is 0 Å². The van der Waals surface area contributed by atoms with Gasteiger partial charge in [-0.1, -0.05) is 200 Å². The number of hydrogen-bond acceptors (Lipinski definition) is 1. The van der Waals surface area contributed by atoms with Crippen LogP contribution in [0.25, 0.3) is 0 Å². The van der Waals surface area contributed by atoms with E-state index in [-0.39, 0.29) is 0 Å². The zero-order valence-electron chi connectivity index (χ0n) is 27.7. The number of hydrogen-bond donors (Lipinski definition) is 0. The maximum absolute atomic E-state index is 2.43. The van der Waals surface area contributed by atoms with Crippen LogP contribution in [0.15, 0.2) is 0 Å². The summed E-state index contributed by atoms with van der Waals surface area (Å²) in [7, 11) is 4.54. The van der Waals surface area contributed by atoms with Gasteiger partial charge in [-0.05, 0) is 32.9 Å². The predicted octanol–water partition coefficient (Wildman–Crippen LogP) is 13.3. The quantitative estimate of drug-likeness (QED) is 0.0755. The van der Waals surface area contributed by atoms with E-state index in [9.17, 15) is 0 Å². The molecule has 0 N–H and O–H groups in total. The first-order chi connectivity index (χ1) is 18.7. The van der Waals surface area contributed by atoms with E-state index in [0.717, 1.165) is 5.92 Å². The van der Waals surface area contributed by atoms with Gasteiger partial charge in [-0.3, -0.25) is 0 Å². The smallest absolute Gasteiger partial charge is 0.000356 e. The van der Waals surface area contributed by atoms with Crippen LogP contribution in [0.1, 0.15) is 213 Å². The van der Waals surface area contributed by atoms with E-state index in [2.05, 4.69) is 32.8 Å². The Kier molecular flexibility index (Phi) is 33.1. The third-order valence-corrected chi connectivity index (χ3v) is 8.81. The first kappa shape index (κ1) is 38.0. The van der Waals surface area contributed by atoms with Crippen molar-refractivity contribution in [2.45, 2.75) is 213 Å². The third-order valence-electron chi connectivity index (χ3n) is 8.81. The fourth-order valence-corrected chi connectivity index (χ4v) is 6.28. The molecule has 0 amide bonds. The third kappa shape index (κ3) is 32.2.